The normalized spacial score (nSPS) is 12.1. The van der Waals surface area contributed by atoms with Crippen LogP contribution in [0.3, 0.4) is 0 Å². The van der Waals surface area contributed by atoms with Crippen LogP contribution in [-0.4, -0.2) is 43.2 Å². The molecule has 6 nitrogen and oxygen atoms in total. The number of thiophene rings is 1. The van der Waals surface area contributed by atoms with Crippen LogP contribution in [0.1, 0.15) is 33.8 Å². The second kappa shape index (κ2) is 13.0. The molecule has 1 amide bonds. The van der Waals surface area contributed by atoms with Gasteiger partial charge in [-0.1, -0.05) is 17.7 Å². The second-order valence-electron chi connectivity index (χ2n) is 6.02. The molecule has 0 spiro atoms. The Hall–Kier alpha value is -1.43. The number of halogens is 3. The number of aliphatic hydroxyl groups is 1. The Morgan fingerprint density at radius 1 is 1.24 bits per heavy atom. The van der Waals surface area contributed by atoms with Crippen molar-refractivity contribution in [3.05, 3.63) is 56.5 Å². The Morgan fingerprint density at radius 2 is 1.97 bits per heavy atom. The van der Waals surface area contributed by atoms with Crippen LogP contribution in [-0.2, 0) is 0 Å². The molecule has 29 heavy (non-hydrogen) atoms. The molecule has 0 fully saturated rings. The molecule has 2 aromatic rings. The monoisotopic (exact) mass is 554 g/mol. The van der Waals surface area contributed by atoms with Gasteiger partial charge in [-0.15, -0.1) is 35.3 Å². The molecular formula is C19H25ClFIN4O2S. The van der Waals surface area contributed by atoms with Crippen LogP contribution in [0.15, 0.2) is 35.3 Å². The summed E-state index contributed by atoms with van der Waals surface area (Å²) in [5.41, 5.74) is 0.776. The summed E-state index contributed by atoms with van der Waals surface area (Å²) in [4.78, 5) is 17.2. The van der Waals surface area contributed by atoms with Crippen molar-refractivity contribution in [2.24, 2.45) is 4.99 Å². The van der Waals surface area contributed by atoms with Gasteiger partial charge in [-0.3, -0.25) is 9.79 Å². The Morgan fingerprint density at radius 3 is 2.59 bits per heavy atom. The Balaban J connectivity index is 0.00000420. The van der Waals surface area contributed by atoms with E-state index in [0.29, 0.717) is 35.5 Å². The van der Waals surface area contributed by atoms with E-state index in [1.807, 2.05) is 6.92 Å². The first-order chi connectivity index (χ1) is 13.4. The summed E-state index contributed by atoms with van der Waals surface area (Å²) in [6.45, 7) is 5.17. The van der Waals surface area contributed by atoms with Crippen LogP contribution >= 0.6 is 46.9 Å². The van der Waals surface area contributed by atoms with Gasteiger partial charge in [0.2, 0.25) is 0 Å². The molecule has 0 aliphatic carbocycles. The standard InChI is InChI=1S/C19H24ClFN4O2S.HI/c1-3-22-19(25-11-15(26)16-6-7-17(20)28-16)24-9-8-23-18(27)13-5-4-12(2)14(21)10-13;/h4-7,10,15,26H,3,8-9,11H2,1-2H3,(H,23,27)(H2,22,24,25);1H. The minimum Gasteiger partial charge on any atom is -0.386 e. The number of carbonyl (C=O) groups excluding carboxylic acids is 1. The first kappa shape index (κ1) is 25.6. The van der Waals surface area contributed by atoms with Gasteiger partial charge in [-0.05, 0) is 43.7 Å². The minimum absolute atomic E-state index is 0. The molecule has 0 radical (unpaired) electrons. The van der Waals surface area contributed by atoms with Crippen molar-refractivity contribution >= 4 is 58.8 Å². The largest absolute Gasteiger partial charge is 0.386 e. The van der Waals surface area contributed by atoms with E-state index in [1.54, 1.807) is 31.2 Å². The number of carbonyl (C=O) groups is 1. The molecule has 0 saturated heterocycles. The van der Waals surface area contributed by atoms with Gasteiger partial charge in [-0.2, -0.15) is 0 Å². The fraction of sp³-hybridized carbons (Fsp3) is 0.368. The van der Waals surface area contributed by atoms with E-state index in [0.717, 1.165) is 4.88 Å². The average molecular weight is 555 g/mol. The van der Waals surface area contributed by atoms with Gasteiger partial charge in [0.15, 0.2) is 5.96 Å². The number of hydrogen-bond donors (Lipinski definition) is 4. The third-order valence-corrected chi connectivity index (χ3v) is 5.16. The molecule has 0 bridgehead atoms. The first-order valence-corrected chi connectivity index (χ1v) is 10.1. The lowest BCUT2D eigenvalue weighted by molar-refractivity contribution is 0.0954. The number of aliphatic hydroxyl groups excluding tert-OH is 1. The van der Waals surface area contributed by atoms with Crippen molar-refractivity contribution in [1.29, 1.82) is 0 Å². The molecule has 1 aromatic carbocycles. The smallest absolute Gasteiger partial charge is 0.251 e. The summed E-state index contributed by atoms with van der Waals surface area (Å²) in [5.74, 6) is -0.217. The zero-order valence-electron chi connectivity index (χ0n) is 16.2. The predicted molar refractivity (Wildman–Crippen MR) is 127 cm³/mol. The molecule has 1 heterocycles. The molecule has 1 unspecified atom stereocenters. The van der Waals surface area contributed by atoms with E-state index in [9.17, 15) is 14.3 Å². The van der Waals surface area contributed by atoms with E-state index in [-0.39, 0.29) is 42.0 Å². The van der Waals surface area contributed by atoms with Gasteiger partial charge in [0, 0.05) is 30.1 Å². The third-order valence-electron chi connectivity index (χ3n) is 3.83. The van der Waals surface area contributed by atoms with Gasteiger partial charge in [0.25, 0.3) is 5.91 Å². The van der Waals surface area contributed by atoms with Gasteiger partial charge < -0.3 is 21.1 Å². The van der Waals surface area contributed by atoms with Gasteiger partial charge in [-0.25, -0.2) is 4.39 Å². The highest BCUT2D eigenvalue weighted by molar-refractivity contribution is 14.0. The van der Waals surface area contributed by atoms with Crippen molar-refractivity contribution in [2.45, 2.75) is 20.0 Å². The zero-order valence-corrected chi connectivity index (χ0v) is 20.1. The molecule has 0 aliphatic heterocycles. The van der Waals surface area contributed by atoms with E-state index < -0.39 is 11.9 Å². The quantitative estimate of drug-likeness (QED) is 0.174. The van der Waals surface area contributed by atoms with Crippen LogP contribution in [0, 0.1) is 12.7 Å². The summed E-state index contributed by atoms with van der Waals surface area (Å²) in [6.07, 6.45) is -0.732. The van der Waals surface area contributed by atoms with Crippen LogP contribution in [0.25, 0.3) is 0 Å². The fourth-order valence-electron chi connectivity index (χ4n) is 2.31. The van der Waals surface area contributed by atoms with Crippen molar-refractivity contribution < 1.29 is 14.3 Å². The SMILES string of the molecule is CCNC(=NCC(O)c1ccc(Cl)s1)NCCNC(=O)c1ccc(C)c(F)c1.I. The van der Waals surface area contributed by atoms with Crippen molar-refractivity contribution in [3.8, 4) is 0 Å². The maximum Gasteiger partial charge on any atom is 0.251 e. The molecule has 2 rings (SSSR count). The lowest BCUT2D eigenvalue weighted by atomic mass is 10.1. The zero-order chi connectivity index (χ0) is 20.5. The van der Waals surface area contributed by atoms with Crippen molar-refractivity contribution in [1.82, 2.24) is 16.0 Å². The Bertz CT molecular complexity index is 834. The summed E-state index contributed by atoms with van der Waals surface area (Å²) in [7, 11) is 0. The highest BCUT2D eigenvalue weighted by Gasteiger charge is 2.11. The molecule has 0 saturated carbocycles. The van der Waals surface area contributed by atoms with E-state index in [2.05, 4.69) is 20.9 Å². The molecule has 10 heteroatoms. The van der Waals surface area contributed by atoms with Gasteiger partial charge in [0.1, 0.15) is 11.9 Å². The number of amides is 1. The summed E-state index contributed by atoms with van der Waals surface area (Å²) >= 11 is 7.20. The topological polar surface area (TPSA) is 85.8 Å². The lowest BCUT2D eigenvalue weighted by Crippen LogP contribution is -2.41. The third kappa shape index (κ3) is 8.45. The molecule has 160 valence electrons. The number of guanidine groups is 1. The number of nitrogens with zero attached hydrogens (tertiary/aromatic N) is 1. The molecule has 4 N–H and O–H groups in total. The van der Waals surface area contributed by atoms with E-state index >= 15 is 0 Å². The highest BCUT2D eigenvalue weighted by Crippen LogP contribution is 2.26. The maximum absolute atomic E-state index is 13.5. The van der Waals surface area contributed by atoms with Gasteiger partial charge >= 0.3 is 0 Å². The minimum atomic E-state index is -0.732. The Kier molecular flexibility index (Phi) is 11.5. The number of hydrogen-bond acceptors (Lipinski definition) is 4. The predicted octanol–water partition coefficient (Wildman–Crippen LogP) is 3.49. The van der Waals surface area contributed by atoms with Crippen LogP contribution in [0.2, 0.25) is 4.34 Å². The summed E-state index contributed by atoms with van der Waals surface area (Å²) < 4.78 is 14.2. The van der Waals surface area contributed by atoms with E-state index in [4.69, 9.17) is 11.6 Å². The van der Waals surface area contributed by atoms with Gasteiger partial charge in [0.05, 0.1) is 10.9 Å². The van der Waals surface area contributed by atoms with Crippen LogP contribution in [0.5, 0.6) is 0 Å². The number of aliphatic imine (C=N–C) groups is 1. The molecular weight excluding hydrogens is 530 g/mol. The molecule has 1 atom stereocenters. The maximum atomic E-state index is 13.5. The molecule has 1 aromatic heterocycles. The van der Waals surface area contributed by atoms with Crippen LogP contribution in [0.4, 0.5) is 4.39 Å². The lowest BCUT2D eigenvalue weighted by Gasteiger charge is -2.13. The van der Waals surface area contributed by atoms with E-state index in [1.165, 1.54) is 17.4 Å². The Labute approximate surface area is 196 Å². The number of aryl methyl sites for hydroxylation is 1. The number of benzene rings is 1. The van der Waals surface area contributed by atoms with Crippen LogP contribution < -0.4 is 16.0 Å². The molecule has 0 aliphatic rings. The fourth-order valence-corrected chi connectivity index (χ4v) is 3.35. The second-order valence-corrected chi connectivity index (χ2v) is 7.77. The first-order valence-electron chi connectivity index (χ1n) is 8.90. The number of rotatable bonds is 8. The number of nitrogens with one attached hydrogen (secondary N) is 3. The summed E-state index contributed by atoms with van der Waals surface area (Å²) in [6, 6.07) is 7.90. The van der Waals surface area contributed by atoms with Crippen molar-refractivity contribution in [2.75, 3.05) is 26.2 Å². The average Bonchev–Trinajstić information content (AvgIpc) is 3.11. The van der Waals surface area contributed by atoms with Crippen molar-refractivity contribution in [3.63, 3.8) is 0 Å². The summed E-state index contributed by atoms with van der Waals surface area (Å²) in [5, 5.41) is 19.0. The highest BCUT2D eigenvalue weighted by atomic mass is 127.